The monoisotopic (exact) mass is 425 g/mol. The topological polar surface area (TPSA) is 108 Å². The van der Waals surface area contributed by atoms with E-state index in [1.165, 1.54) is 32.1 Å². The van der Waals surface area contributed by atoms with Gasteiger partial charge in [-0.05, 0) is 31.0 Å². The van der Waals surface area contributed by atoms with Gasteiger partial charge in [-0.25, -0.2) is 9.78 Å². The van der Waals surface area contributed by atoms with Gasteiger partial charge in [0.1, 0.15) is 11.4 Å². The van der Waals surface area contributed by atoms with Gasteiger partial charge in [0.2, 0.25) is 11.9 Å². The molecule has 31 heavy (non-hydrogen) atoms. The van der Waals surface area contributed by atoms with Gasteiger partial charge in [-0.1, -0.05) is 19.8 Å². The van der Waals surface area contributed by atoms with E-state index in [0.717, 1.165) is 18.7 Å². The van der Waals surface area contributed by atoms with Gasteiger partial charge in [0.25, 0.3) is 0 Å². The first-order chi connectivity index (χ1) is 14.9. The van der Waals surface area contributed by atoms with Crippen LogP contribution < -0.4 is 19.9 Å². The number of carbonyl (C=O) groups excluding carboxylic acids is 1. The molecule has 1 fully saturated rings. The van der Waals surface area contributed by atoms with Crippen LogP contribution in [-0.4, -0.2) is 53.7 Å². The molecule has 1 amide bonds. The summed E-state index contributed by atoms with van der Waals surface area (Å²) in [6, 6.07) is 4.93. The first-order valence-electron chi connectivity index (χ1n) is 10.5. The SMILES string of the molecule is COc1cc(C(=O)O)ccc1Nc1ncc2c(n1)N(C1CCCC1)C[C@@H](C)C(=O)N2C. The molecular formula is C22H27N5O4. The summed E-state index contributed by atoms with van der Waals surface area (Å²) in [7, 11) is 3.24. The number of ether oxygens (including phenoxy) is 1. The Balaban J connectivity index is 1.71. The zero-order chi connectivity index (χ0) is 22.1. The van der Waals surface area contributed by atoms with Crippen molar-refractivity contribution in [1.29, 1.82) is 0 Å². The number of rotatable bonds is 5. The largest absolute Gasteiger partial charge is 0.495 e. The third-order valence-corrected chi connectivity index (χ3v) is 6.07. The van der Waals surface area contributed by atoms with Gasteiger partial charge >= 0.3 is 5.97 Å². The number of carboxylic acids is 1. The van der Waals surface area contributed by atoms with Crippen molar-refractivity contribution in [2.75, 3.05) is 35.8 Å². The van der Waals surface area contributed by atoms with E-state index in [-0.39, 0.29) is 17.4 Å². The Morgan fingerprint density at radius 1 is 1.29 bits per heavy atom. The maximum Gasteiger partial charge on any atom is 0.335 e. The number of aromatic carboxylic acids is 1. The fourth-order valence-electron chi connectivity index (χ4n) is 4.37. The van der Waals surface area contributed by atoms with Crippen LogP contribution in [0.4, 0.5) is 23.1 Å². The Bertz CT molecular complexity index is 1010. The highest BCUT2D eigenvalue weighted by molar-refractivity contribution is 5.98. The molecular weight excluding hydrogens is 398 g/mol. The summed E-state index contributed by atoms with van der Waals surface area (Å²) in [6.07, 6.45) is 6.19. The molecule has 0 radical (unpaired) electrons. The van der Waals surface area contributed by atoms with Crippen LogP contribution in [0.25, 0.3) is 0 Å². The van der Waals surface area contributed by atoms with E-state index in [1.54, 1.807) is 24.2 Å². The van der Waals surface area contributed by atoms with Crippen molar-refractivity contribution in [1.82, 2.24) is 9.97 Å². The third-order valence-electron chi connectivity index (χ3n) is 6.07. The molecule has 2 aromatic rings. The first-order valence-corrected chi connectivity index (χ1v) is 10.5. The minimum absolute atomic E-state index is 0.0528. The van der Waals surface area contributed by atoms with Crippen molar-refractivity contribution in [3.8, 4) is 5.75 Å². The van der Waals surface area contributed by atoms with Crippen molar-refractivity contribution < 1.29 is 19.4 Å². The van der Waals surface area contributed by atoms with E-state index in [2.05, 4.69) is 15.2 Å². The Kier molecular flexibility index (Phi) is 5.67. The van der Waals surface area contributed by atoms with Gasteiger partial charge in [-0.2, -0.15) is 4.98 Å². The molecule has 1 atom stereocenters. The molecule has 0 unspecified atom stereocenters. The molecule has 2 heterocycles. The average molecular weight is 425 g/mol. The van der Waals surface area contributed by atoms with Crippen LogP contribution in [0, 0.1) is 5.92 Å². The van der Waals surface area contributed by atoms with Crippen molar-refractivity contribution in [2.45, 2.75) is 38.6 Å². The van der Waals surface area contributed by atoms with Crippen molar-refractivity contribution in [3.63, 3.8) is 0 Å². The number of amides is 1. The molecule has 1 saturated carbocycles. The predicted molar refractivity (Wildman–Crippen MR) is 117 cm³/mol. The lowest BCUT2D eigenvalue weighted by Gasteiger charge is -2.31. The number of carbonyl (C=O) groups is 2. The van der Waals surface area contributed by atoms with Crippen LogP contribution in [0.2, 0.25) is 0 Å². The lowest BCUT2D eigenvalue weighted by Crippen LogP contribution is -2.38. The summed E-state index contributed by atoms with van der Waals surface area (Å²) < 4.78 is 5.34. The van der Waals surface area contributed by atoms with E-state index in [9.17, 15) is 14.7 Å². The summed E-state index contributed by atoms with van der Waals surface area (Å²) in [5.74, 6) is 0.369. The lowest BCUT2D eigenvalue weighted by molar-refractivity contribution is -0.121. The minimum atomic E-state index is -1.03. The molecule has 1 aliphatic heterocycles. The lowest BCUT2D eigenvalue weighted by atomic mass is 10.1. The van der Waals surface area contributed by atoms with Gasteiger partial charge in [0.15, 0.2) is 5.82 Å². The Morgan fingerprint density at radius 3 is 2.71 bits per heavy atom. The number of anilines is 4. The fourth-order valence-corrected chi connectivity index (χ4v) is 4.37. The molecule has 1 aromatic heterocycles. The van der Waals surface area contributed by atoms with E-state index in [1.807, 2.05) is 6.92 Å². The molecule has 9 nitrogen and oxygen atoms in total. The Hall–Kier alpha value is -3.36. The molecule has 2 aliphatic rings. The minimum Gasteiger partial charge on any atom is -0.495 e. The number of nitrogens with zero attached hydrogens (tertiary/aromatic N) is 4. The van der Waals surface area contributed by atoms with Crippen molar-refractivity contribution in [2.24, 2.45) is 5.92 Å². The molecule has 0 spiro atoms. The maximum absolute atomic E-state index is 12.8. The van der Waals surface area contributed by atoms with Gasteiger partial charge in [-0.3, -0.25) is 4.79 Å². The number of benzene rings is 1. The predicted octanol–water partition coefficient (Wildman–Crippen LogP) is 3.29. The quantitative estimate of drug-likeness (QED) is 0.751. The fraction of sp³-hybridized carbons (Fsp3) is 0.455. The zero-order valence-electron chi connectivity index (χ0n) is 18.0. The number of carboxylic acid groups (broad SMARTS) is 1. The Labute approximate surface area is 181 Å². The highest BCUT2D eigenvalue weighted by atomic mass is 16.5. The van der Waals surface area contributed by atoms with Crippen molar-refractivity contribution in [3.05, 3.63) is 30.0 Å². The summed E-state index contributed by atoms with van der Waals surface area (Å²) in [5, 5.41) is 12.3. The highest BCUT2D eigenvalue weighted by Gasteiger charge is 2.35. The van der Waals surface area contributed by atoms with Gasteiger partial charge in [0.05, 0.1) is 30.5 Å². The average Bonchev–Trinajstić information content (AvgIpc) is 3.28. The Morgan fingerprint density at radius 2 is 2.03 bits per heavy atom. The van der Waals surface area contributed by atoms with Gasteiger partial charge in [0, 0.05) is 19.6 Å². The summed E-state index contributed by atoms with van der Waals surface area (Å²) >= 11 is 0. The molecule has 1 aliphatic carbocycles. The van der Waals surface area contributed by atoms with E-state index >= 15 is 0 Å². The van der Waals surface area contributed by atoms with Crippen LogP contribution in [0.3, 0.4) is 0 Å². The molecule has 4 rings (SSSR count). The van der Waals surface area contributed by atoms with Crippen molar-refractivity contribution >= 4 is 35.0 Å². The maximum atomic E-state index is 12.8. The number of aromatic nitrogens is 2. The molecule has 2 N–H and O–H groups in total. The summed E-state index contributed by atoms with van der Waals surface area (Å²) in [5.41, 5.74) is 1.39. The van der Waals surface area contributed by atoms with E-state index < -0.39 is 5.97 Å². The standard InChI is InChI=1S/C22H27N5O4/c1-13-12-27(15-6-4-5-7-15)19-17(26(2)20(13)28)11-23-22(25-19)24-16-9-8-14(21(29)30)10-18(16)31-3/h8-11,13,15H,4-7,12H2,1-3H3,(H,29,30)(H,23,24,25)/t13-/m1/s1. The van der Waals surface area contributed by atoms with Crippen LogP contribution in [0.5, 0.6) is 5.75 Å². The van der Waals surface area contributed by atoms with E-state index in [0.29, 0.717) is 35.7 Å². The van der Waals surface area contributed by atoms with Crippen LogP contribution >= 0.6 is 0 Å². The second kappa shape index (κ2) is 8.41. The molecule has 9 heteroatoms. The van der Waals surface area contributed by atoms with Gasteiger partial charge < -0.3 is 25.0 Å². The molecule has 1 aromatic carbocycles. The smallest absolute Gasteiger partial charge is 0.335 e. The third kappa shape index (κ3) is 3.99. The summed E-state index contributed by atoms with van der Waals surface area (Å²) in [4.78, 5) is 37.1. The number of methoxy groups -OCH3 is 1. The number of hydrogen-bond donors (Lipinski definition) is 2. The van der Waals surface area contributed by atoms with Crippen LogP contribution in [0.1, 0.15) is 43.0 Å². The second-order valence-corrected chi connectivity index (χ2v) is 8.14. The van der Waals surface area contributed by atoms with E-state index in [4.69, 9.17) is 9.72 Å². The highest BCUT2D eigenvalue weighted by Crippen LogP contribution is 2.37. The van der Waals surface area contributed by atoms with Gasteiger partial charge in [-0.15, -0.1) is 0 Å². The molecule has 0 saturated heterocycles. The molecule has 164 valence electrons. The zero-order valence-corrected chi connectivity index (χ0v) is 18.0. The normalized spacial score (nSPS) is 19.2. The number of hydrogen-bond acceptors (Lipinski definition) is 7. The number of nitrogens with one attached hydrogen (secondary N) is 1. The first kappa shape index (κ1) is 20.9. The van der Waals surface area contributed by atoms with Crippen LogP contribution in [0.15, 0.2) is 24.4 Å². The van der Waals surface area contributed by atoms with Crippen LogP contribution in [-0.2, 0) is 4.79 Å². The molecule has 0 bridgehead atoms. The summed E-state index contributed by atoms with van der Waals surface area (Å²) in [6.45, 7) is 2.57. The number of fused-ring (bicyclic) bond motifs is 1. The second-order valence-electron chi connectivity index (χ2n) is 8.14.